The molecular weight excluding hydrogens is 362 g/mol. The van der Waals surface area contributed by atoms with E-state index in [2.05, 4.69) is 0 Å². The Bertz CT molecular complexity index is 826. The number of likely N-dealkylation sites (tertiary alicyclic amines) is 1. The number of hydrogen-bond acceptors (Lipinski definition) is 4. The Morgan fingerprint density at radius 1 is 1.15 bits per heavy atom. The first-order valence-electron chi connectivity index (χ1n) is 10.0. The maximum absolute atomic E-state index is 13.1. The van der Waals surface area contributed by atoms with Gasteiger partial charge in [-0.1, -0.05) is 12.5 Å². The van der Waals surface area contributed by atoms with Gasteiger partial charge < -0.3 is 10.6 Å². The van der Waals surface area contributed by atoms with Gasteiger partial charge in [-0.15, -0.1) is 0 Å². The van der Waals surface area contributed by atoms with Crippen molar-refractivity contribution in [1.82, 2.24) is 9.21 Å². The maximum atomic E-state index is 13.1. The Hall–Kier alpha value is -1.44. The van der Waals surface area contributed by atoms with Gasteiger partial charge in [0, 0.05) is 37.3 Å². The molecule has 0 radical (unpaired) electrons. The van der Waals surface area contributed by atoms with Crippen LogP contribution in [-0.2, 0) is 10.0 Å². The zero-order valence-electron chi connectivity index (χ0n) is 15.9. The Morgan fingerprint density at radius 3 is 2.70 bits per heavy atom. The van der Waals surface area contributed by atoms with Crippen molar-refractivity contribution in [3.8, 4) is 0 Å². The number of piperidine rings is 1. The van der Waals surface area contributed by atoms with E-state index in [1.165, 1.54) is 0 Å². The van der Waals surface area contributed by atoms with Gasteiger partial charge in [0.05, 0.1) is 4.90 Å². The van der Waals surface area contributed by atoms with Gasteiger partial charge in [-0.25, -0.2) is 8.42 Å². The first kappa shape index (κ1) is 18.9. The zero-order chi connectivity index (χ0) is 19.2. The maximum Gasteiger partial charge on any atom is 0.253 e. The molecule has 2 N–H and O–H groups in total. The minimum absolute atomic E-state index is 0.00236. The number of carbonyl (C=O) groups excluding carboxylic acids is 1. The fraction of sp³-hybridized carbons (Fsp3) is 0.650. The van der Waals surface area contributed by atoms with E-state index < -0.39 is 10.0 Å². The van der Waals surface area contributed by atoms with E-state index in [0.29, 0.717) is 30.5 Å². The predicted octanol–water partition coefficient (Wildman–Crippen LogP) is 2.06. The molecule has 4 rings (SSSR count). The molecule has 6 nitrogen and oxygen atoms in total. The highest BCUT2D eigenvalue weighted by Crippen LogP contribution is 2.37. The number of fused-ring (bicyclic) bond motifs is 1. The van der Waals surface area contributed by atoms with Gasteiger partial charge in [-0.3, -0.25) is 4.79 Å². The number of carbonyl (C=O) groups is 1. The molecule has 0 bridgehead atoms. The van der Waals surface area contributed by atoms with Gasteiger partial charge in [-0.2, -0.15) is 4.31 Å². The molecule has 148 valence electrons. The molecule has 3 fully saturated rings. The summed E-state index contributed by atoms with van der Waals surface area (Å²) in [5.41, 5.74) is 6.63. The second kappa shape index (κ2) is 7.18. The van der Waals surface area contributed by atoms with Crippen LogP contribution in [-0.4, -0.2) is 55.2 Å². The molecule has 1 aromatic carbocycles. The van der Waals surface area contributed by atoms with Gasteiger partial charge in [0.25, 0.3) is 5.91 Å². The highest BCUT2D eigenvalue weighted by Gasteiger charge is 2.42. The smallest absolute Gasteiger partial charge is 0.253 e. The summed E-state index contributed by atoms with van der Waals surface area (Å²) in [5.74, 6) is 0.792. The molecular formula is C20H29N3O3S. The van der Waals surface area contributed by atoms with Gasteiger partial charge in [0.2, 0.25) is 10.0 Å². The number of rotatable bonds is 3. The summed E-state index contributed by atoms with van der Waals surface area (Å²) in [5, 5.41) is 0. The summed E-state index contributed by atoms with van der Waals surface area (Å²) in [6, 6.07) is 6.73. The lowest BCUT2D eigenvalue weighted by molar-refractivity contribution is 0.0779. The SMILES string of the molecule is CC1CCCCN1S(=O)(=O)c1cccc(C(=O)N2CC3CCC(N)C3C2)c1. The third-order valence-corrected chi connectivity index (χ3v) is 8.64. The van der Waals surface area contributed by atoms with E-state index in [1.807, 2.05) is 11.8 Å². The monoisotopic (exact) mass is 391 g/mol. The molecule has 4 atom stereocenters. The lowest BCUT2D eigenvalue weighted by Crippen LogP contribution is -2.42. The third-order valence-electron chi connectivity index (χ3n) is 6.63. The zero-order valence-corrected chi connectivity index (χ0v) is 16.7. The Kier molecular flexibility index (Phi) is 5.03. The van der Waals surface area contributed by atoms with Crippen LogP contribution < -0.4 is 5.73 Å². The van der Waals surface area contributed by atoms with Crippen LogP contribution in [0.2, 0.25) is 0 Å². The first-order valence-corrected chi connectivity index (χ1v) is 11.5. The summed E-state index contributed by atoms with van der Waals surface area (Å²) in [6.07, 6.45) is 4.95. The number of benzene rings is 1. The molecule has 2 heterocycles. The van der Waals surface area contributed by atoms with Crippen molar-refractivity contribution in [1.29, 1.82) is 0 Å². The van der Waals surface area contributed by atoms with Crippen molar-refractivity contribution in [2.75, 3.05) is 19.6 Å². The van der Waals surface area contributed by atoms with Crippen molar-refractivity contribution >= 4 is 15.9 Å². The molecule has 4 unspecified atom stereocenters. The predicted molar refractivity (Wildman–Crippen MR) is 104 cm³/mol. The summed E-state index contributed by atoms with van der Waals surface area (Å²) in [7, 11) is -3.57. The second-order valence-corrected chi connectivity index (χ2v) is 10.3. The minimum atomic E-state index is -3.57. The fourth-order valence-corrected chi connectivity index (χ4v) is 6.76. The Labute approximate surface area is 161 Å². The fourth-order valence-electron chi connectivity index (χ4n) is 5.01. The molecule has 27 heavy (non-hydrogen) atoms. The van der Waals surface area contributed by atoms with E-state index in [4.69, 9.17) is 5.73 Å². The van der Waals surface area contributed by atoms with Crippen LogP contribution in [0.3, 0.4) is 0 Å². The molecule has 2 aliphatic heterocycles. The standard InChI is InChI=1S/C20H29N3O3S/c1-14-5-2-3-10-23(14)27(25,26)17-7-4-6-15(11-17)20(24)22-12-16-8-9-19(21)18(16)13-22/h4,6-7,11,14,16,18-19H,2-3,5,8-10,12-13,21H2,1H3. The molecule has 7 heteroatoms. The van der Waals surface area contributed by atoms with Crippen LogP contribution in [0.15, 0.2) is 29.2 Å². The topological polar surface area (TPSA) is 83.7 Å². The number of nitrogens with two attached hydrogens (primary N) is 1. The molecule has 1 amide bonds. The van der Waals surface area contributed by atoms with Crippen LogP contribution >= 0.6 is 0 Å². The van der Waals surface area contributed by atoms with Crippen molar-refractivity contribution < 1.29 is 13.2 Å². The summed E-state index contributed by atoms with van der Waals surface area (Å²) >= 11 is 0. The van der Waals surface area contributed by atoms with Crippen molar-refractivity contribution in [2.45, 2.75) is 56.0 Å². The van der Waals surface area contributed by atoms with Gasteiger partial charge in [-0.05, 0) is 62.6 Å². The van der Waals surface area contributed by atoms with Gasteiger partial charge in [0.15, 0.2) is 0 Å². The van der Waals surface area contributed by atoms with Gasteiger partial charge >= 0.3 is 0 Å². The molecule has 1 aliphatic carbocycles. The Balaban J connectivity index is 1.55. The molecule has 3 aliphatic rings. The molecule has 0 spiro atoms. The van der Waals surface area contributed by atoms with Crippen LogP contribution in [0, 0.1) is 11.8 Å². The number of sulfonamides is 1. The summed E-state index contributed by atoms with van der Waals surface area (Å²) in [4.78, 5) is 15.1. The minimum Gasteiger partial charge on any atom is -0.338 e. The summed E-state index contributed by atoms with van der Waals surface area (Å²) in [6.45, 7) is 3.93. The molecule has 1 saturated carbocycles. The highest BCUT2D eigenvalue weighted by molar-refractivity contribution is 7.89. The second-order valence-electron chi connectivity index (χ2n) is 8.36. The average Bonchev–Trinajstić information content (AvgIpc) is 3.24. The third kappa shape index (κ3) is 3.41. The van der Waals surface area contributed by atoms with Crippen LogP contribution in [0.4, 0.5) is 0 Å². The highest BCUT2D eigenvalue weighted by atomic mass is 32.2. The lowest BCUT2D eigenvalue weighted by Gasteiger charge is -2.32. The molecule has 2 saturated heterocycles. The van der Waals surface area contributed by atoms with E-state index in [0.717, 1.165) is 38.6 Å². The van der Waals surface area contributed by atoms with Crippen molar-refractivity contribution in [3.63, 3.8) is 0 Å². The number of hydrogen-bond donors (Lipinski definition) is 1. The molecule has 0 aromatic heterocycles. The Morgan fingerprint density at radius 2 is 1.96 bits per heavy atom. The average molecular weight is 392 g/mol. The molecule has 1 aromatic rings. The van der Waals surface area contributed by atoms with Crippen LogP contribution in [0.5, 0.6) is 0 Å². The van der Waals surface area contributed by atoms with Crippen molar-refractivity contribution in [3.05, 3.63) is 29.8 Å². The van der Waals surface area contributed by atoms with E-state index in [9.17, 15) is 13.2 Å². The number of amides is 1. The van der Waals surface area contributed by atoms with Crippen molar-refractivity contribution in [2.24, 2.45) is 17.6 Å². The largest absolute Gasteiger partial charge is 0.338 e. The quantitative estimate of drug-likeness (QED) is 0.855. The van der Waals surface area contributed by atoms with Gasteiger partial charge in [0.1, 0.15) is 0 Å². The lowest BCUT2D eigenvalue weighted by atomic mass is 9.98. The summed E-state index contributed by atoms with van der Waals surface area (Å²) < 4.78 is 27.7. The van der Waals surface area contributed by atoms with E-state index >= 15 is 0 Å². The van der Waals surface area contributed by atoms with E-state index in [1.54, 1.807) is 28.6 Å². The number of nitrogens with zero attached hydrogens (tertiary/aromatic N) is 2. The van der Waals surface area contributed by atoms with E-state index in [-0.39, 0.29) is 22.9 Å². The van der Waals surface area contributed by atoms with Crippen LogP contribution in [0.1, 0.15) is 49.4 Å². The normalized spacial score (nSPS) is 31.9. The first-order chi connectivity index (χ1) is 12.9. The van der Waals surface area contributed by atoms with Crippen LogP contribution in [0.25, 0.3) is 0 Å².